The van der Waals surface area contributed by atoms with Crippen molar-refractivity contribution in [3.05, 3.63) is 52.7 Å². The van der Waals surface area contributed by atoms with Gasteiger partial charge in [-0.3, -0.25) is 4.79 Å². The highest BCUT2D eigenvalue weighted by atomic mass is 35.5. The fraction of sp³-hybridized carbons (Fsp3) is 0.133. The Kier molecular flexibility index (Phi) is 5.60. The summed E-state index contributed by atoms with van der Waals surface area (Å²) in [6.45, 7) is 0. The van der Waals surface area contributed by atoms with E-state index >= 15 is 0 Å². The Morgan fingerprint density at radius 2 is 1.84 bits per heavy atom. The van der Waals surface area contributed by atoms with E-state index in [0.717, 1.165) is 7.11 Å². The van der Waals surface area contributed by atoms with E-state index in [-0.39, 0.29) is 22.2 Å². The van der Waals surface area contributed by atoms with Crippen LogP contribution in [0, 0.1) is 0 Å². The van der Waals surface area contributed by atoms with Crippen molar-refractivity contribution >= 4 is 33.5 Å². The lowest BCUT2D eigenvalue weighted by atomic mass is 10.2. The van der Waals surface area contributed by atoms with E-state index in [0.29, 0.717) is 0 Å². The lowest BCUT2D eigenvalue weighted by Gasteiger charge is -2.10. The van der Waals surface area contributed by atoms with Crippen LogP contribution < -0.4 is 9.46 Å². The number of aromatic nitrogens is 1. The van der Waals surface area contributed by atoms with E-state index in [4.69, 9.17) is 16.3 Å². The van der Waals surface area contributed by atoms with Gasteiger partial charge in [0.15, 0.2) is 0 Å². The molecule has 0 fully saturated rings. The largest absolute Gasteiger partial charge is 0.481 e. The molecule has 0 saturated carbocycles. The van der Waals surface area contributed by atoms with Crippen LogP contribution in [-0.4, -0.2) is 39.5 Å². The molecule has 0 spiro atoms. The Hall–Kier alpha value is -2.65. The number of nitrogens with one attached hydrogen (secondary N) is 1. The van der Waals surface area contributed by atoms with Gasteiger partial charge in [-0.05, 0) is 18.2 Å². The number of hydrogen-bond acceptors (Lipinski definition) is 7. The van der Waals surface area contributed by atoms with Gasteiger partial charge >= 0.3 is 5.97 Å². The maximum atomic E-state index is 12.5. The van der Waals surface area contributed by atoms with E-state index in [9.17, 15) is 18.0 Å². The number of methoxy groups -OCH3 is 2. The first-order chi connectivity index (χ1) is 11.8. The SMILES string of the molecule is COC(=O)c1ccccc1S(=O)(=O)NC(=O)c1cc(Cl)cc(OC)n1. The van der Waals surface area contributed by atoms with E-state index in [2.05, 4.69) is 9.72 Å². The molecule has 0 saturated heterocycles. The van der Waals surface area contributed by atoms with Gasteiger partial charge in [0, 0.05) is 11.1 Å². The van der Waals surface area contributed by atoms with Gasteiger partial charge in [-0.15, -0.1) is 0 Å². The molecule has 0 radical (unpaired) electrons. The fourth-order valence-corrected chi connectivity index (χ4v) is 3.26. The Morgan fingerprint density at radius 3 is 2.48 bits per heavy atom. The highest BCUT2D eigenvalue weighted by Gasteiger charge is 2.25. The molecule has 0 aliphatic carbocycles. The van der Waals surface area contributed by atoms with Crippen molar-refractivity contribution in [3.8, 4) is 5.88 Å². The summed E-state index contributed by atoms with van der Waals surface area (Å²) in [5.41, 5.74) is -0.467. The second kappa shape index (κ2) is 7.49. The first kappa shape index (κ1) is 18.7. The highest BCUT2D eigenvalue weighted by molar-refractivity contribution is 7.90. The molecule has 1 N–H and O–H groups in total. The second-order valence-electron chi connectivity index (χ2n) is 4.64. The van der Waals surface area contributed by atoms with Crippen molar-refractivity contribution < 1.29 is 27.5 Å². The van der Waals surface area contributed by atoms with Gasteiger partial charge in [-0.2, -0.15) is 0 Å². The number of esters is 1. The summed E-state index contributed by atoms with van der Waals surface area (Å²) in [4.78, 5) is 27.4. The van der Waals surface area contributed by atoms with Gasteiger partial charge in [0.2, 0.25) is 5.88 Å². The summed E-state index contributed by atoms with van der Waals surface area (Å²) in [6.07, 6.45) is 0. The summed E-state index contributed by atoms with van der Waals surface area (Å²) in [5, 5.41) is 0.143. The molecular formula is C15H13ClN2O6S. The van der Waals surface area contributed by atoms with Crippen LogP contribution in [0.1, 0.15) is 20.8 Å². The van der Waals surface area contributed by atoms with E-state index < -0.39 is 26.8 Å². The molecule has 1 aromatic carbocycles. The van der Waals surface area contributed by atoms with Crippen molar-refractivity contribution in [2.24, 2.45) is 0 Å². The van der Waals surface area contributed by atoms with E-state index in [1.807, 2.05) is 4.72 Å². The van der Waals surface area contributed by atoms with E-state index in [1.54, 1.807) is 0 Å². The van der Waals surface area contributed by atoms with Gasteiger partial charge < -0.3 is 9.47 Å². The lowest BCUT2D eigenvalue weighted by molar-refractivity contribution is 0.0596. The number of nitrogens with zero attached hydrogens (tertiary/aromatic N) is 1. The molecule has 0 aliphatic rings. The Balaban J connectivity index is 2.38. The molecule has 2 rings (SSSR count). The quantitative estimate of drug-likeness (QED) is 0.780. The summed E-state index contributed by atoms with van der Waals surface area (Å²) >= 11 is 5.84. The normalized spacial score (nSPS) is 10.8. The third kappa shape index (κ3) is 4.25. The van der Waals surface area contributed by atoms with Gasteiger partial charge in [-0.1, -0.05) is 23.7 Å². The fourth-order valence-electron chi connectivity index (χ4n) is 1.90. The second-order valence-corrected chi connectivity index (χ2v) is 6.72. The maximum absolute atomic E-state index is 12.5. The molecule has 1 aromatic heterocycles. The summed E-state index contributed by atoms with van der Waals surface area (Å²) < 4.78 is 36.2. The molecule has 2 aromatic rings. The van der Waals surface area contributed by atoms with Crippen molar-refractivity contribution in [1.29, 1.82) is 0 Å². The number of halogens is 1. The van der Waals surface area contributed by atoms with Crippen molar-refractivity contribution in [3.63, 3.8) is 0 Å². The van der Waals surface area contributed by atoms with E-state index in [1.165, 1.54) is 43.5 Å². The average Bonchev–Trinajstić information content (AvgIpc) is 2.60. The summed E-state index contributed by atoms with van der Waals surface area (Å²) in [7, 11) is -1.91. The smallest absolute Gasteiger partial charge is 0.339 e. The molecule has 0 aliphatic heterocycles. The van der Waals surface area contributed by atoms with Crippen molar-refractivity contribution in [2.45, 2.75) is 4.90 Å². The van der Waals surface area contributed by atoms with Crippen LogP contribution in [-0.2, 0) is 14.8 Å². The van der Waals surface area contributed by atoms with Crippen LogP contribution in [0.15, 0.2) is 41.3 Å². The lowest BCUT2D eigenvalue weighted by Crippen LogP contribution is -2.32. The number of carbonyl (C=O) groups is 2. The third-order valence-corrected chi connectivity index (χ3v) is 4.62. The first-order valence-corrected chi connectivity index (χ1v) is 8.60. The Morgan fingerprint density at radius 1 is 1.16 bits per heavy atom. The predicted molar refractivity (Wildman–Crippen MR) is 88.2 cm³/mol. The molecule has 1 heterocycles. The maximum Gasteiger partial charge on any atom is 0.339 e. The molecule has 8 nitrogen and oxygen atoms in total. The Bertz CT molecular complexity index is 929. The number of hydrogen-bond donors (Lipinski definition) is 1. The third-order valence-electron chi connectivity index (χ3n) is 3.02. The molecule has 10 heteroatoms. The molecule has 1 amide bonds. The highest BCUT2D eigenvalue weighted by Crippen LogP contribution is 2.19. The topological polar surface area (TPSA) is 112 Å². The first-order valence-electron chi connectivity index (χ1n) is 6.74. The summed E-state index contributed by atoms with van der Waals surface area (Å²) in [5.74, 6) is -1.83. The minimum Gasteiger partial charge on any atom is -0.481 e. The van der Waals surface area contributed by atoms with Crippen LogP contribution in [0.4, 0.5) is 0 Å². The van der Waals surface area contributed by atoms with Gasteiger partial charge in [0.25, 0.3) is 15.9 Å². The van der Waals surface area contributed by atoms with Crippen LogP contribution in [0.2, 0.25) is 5.02 Å². The number of carbonyl (C=O) groups excluding carboxylic acids is 2. The zero-order valence-corrected chi connectivity index (χ0v) is 14.7. The number of amides is 1. The minimum atomic E-state index is -4.35. The standard InChI is InChI=1S/C15H13ClN2O6S/c1-23-13-8-9(16)7-11(17-13)14(19)18-25(21,22)12-6-4-3-5-10(12)15(20)24-2/h3-8H,1-2H3,(H,18,19). The predicted octanol–water partition coefficient (Wildman–Crippen LogP) is 1.65. The monoisotopic (exact) mass is 384 g/mol. The minimum absolute atomic E-state index is 0.0463. The summed E-state index contributed by atoms with van der Waals surface area (Å²) in [6, 6.07) is 7.86. The molecular weight excluding hydrogens is 372 g/mol. The molecule has 0 unspecified atom stereocenters. The average molecular weight is 385 g/mol. The number of benzene rings is 1. The van der Waals surface area contributed by atoms with Crippen molar-refractivity contribution in [2.75, 3.05) is 14.2 Å². The molecule has 25 heavy (non-hydrogen) atoms. The molecule has 132 valence electrons. The number of pyridine rings is 1. The van der Waals surface area contributed by atoms with Crippen LogP contribution in [0.25, 0.3) is 0 Å². The number of rotatable bonds is 5. The van der Waals surface area contributed by atoms with Crippen LogP contribution >= 0.6 is 11.6 Å². The zero-order valence-electron chi connectivity index (χ0n) is 13.1. The Labute approximate surface area is 148 Å². The van der Waals surface area contributed by atoms with Gasteiger partial charge in [-0.25, -0.2) is 22.9 Å². The van der Waals surface area contributed by atoms with Crippen molar-refractivity contribution in [1.82, 2.24) is 9.71 Å². The number of sulfonamides is 1. The van der Waals surface area contributed by atoms with Gasteiger partial charge in [0.1, 0.15) is 10.6 Å². The number of ether oxygens (including phenoxy) is 2. The van der Waals surface area contributed by atoms with Gasteiger partial charge in [0.05, 0.1) is 19.8 Å². The zero-order chi connectivity index (χ0) is 18.6. The van der Waals surface area contributed by atoms with Crippen LogP contribution in [0.5, 0.6) is 5.88 Å². The van der Waals surface area contributed by atoms with Crippen LogP contribution in [0.3, 0.4) is 0 Å². The molecule has 0 bridgehead atoms. The molecule has 0 atom stereocenters.